The number of morpholine rings is 1. The highest BCUT2D eigenvalue weighted by molar-refractivity contribution is 7.90. The summed E-state index contributed by atoms with van der Waals surface area (Å²) < 4.78 is 31.8. The van der Waals surface area contributed by atoms with E-state index in [-0.39, 0.29) is 42.7 Å². The molecule has 0 bridgehead atoms. The van der Waals surface area contributed by atoms with Gasteiger partial charge in [0.2, 0.25) is 0 Å². The van der Waals surface area contributed by atoms with Crippen molar-refractivity contribution in [3.63, 3.8) is 0 Å². The van der Waals surface area contributed by atoms with Crippen LogP contribution in [0.2, 0.25) is 5.02 Å². The fraction of sp³-hybridized carbons (Fsp3) is 0.625. The molecule has 0 spiro atoms. The first-order valence-corrected chi connectivity index (χ1v) is 13.9. The molecule has 2 fully saturated rings. The number of benzene rings is 1. The first kappa shape index (κ1) is 29.4. The van der Waals surface area contributed by atoms with Crippen LogP contribution in [0.5, 0.6) is 0 Å². The van der Waals surface area contributed by atoms with Gasteiger partial charge in [-0.15, -0.1) is 24.8 Å². The van der Waals surface area contributed by atoms with Crippen LogP contribution in [0.4, 0.5) is 0 Å². The summed E-state index contributed by atoms with van der Waals surface area (Å²) in [6, 6.07) is 10.9. The molecule has 4 rings (SSSR count). The summed E-state index contributed by atoms with van der Waals surface area (Å²) in [6.45, 7) is 3.32. The second-order valence-electron chi connectivity index (χ2n) is 9.57. The molecule has 10 heteroatoms. The average Bonchev–Trinajstić information content (AvgIpc) is 3.08. The summed E-state index contributed by atoms with van der Waals surface area (Å²) in [7, 11) is -1.08. The van der Waals surface area contributed by atoms with Gasteiger partial charge in [0.25, 0.3) is 0 Å². The molecule has 0 radical (unpaired) electrons. The fourth-order valence-electron chi connectivity index (χ4n) is 5.23. The van der Waals surface area contributed by atoms with Crippen LogP contribution in [0.15, 0.2) is 30.3 Å². The van der Waals surface area contributed by atoms with Gasteiger partial charge >= 0.3 is 0 Å². The third-order valence-corrected chi connectivity index (χ3v) is 8.23. The predicted molar refractivity (Wildman–Crippen MR) is 143 cm³/mol. The lowest BCUT2D eigenvalue weighted by molar-refractivity contribution is -0.0755. The smallest absolute Gasteiger partial charge is 0.150 e. The van der Waals surface area contributed by atoms with Crippen molar-refractivity contribution < 1.29 is 13.2 Å². The third-order valence-electron chi connectivity index (χ3n) is 7.00. The molecule has 1 saturated carbocycles. The lowest BCUT2D eigenvalue weighted by Gasteiger charge is -2.46. The van der Waals surface area contributed by atoms with Crippen LogP contribution >= 0.6 is 36.4 Å². The van der Waals surface area contributed by atoms with E-state index in [0.717, 1.165) is 37.1 Å². The summed E-state index contributed by atoms with van der Waals surface area (Å²) in [5.74, 6) is 0.591. The Morgan fingerprint density at radius 3 is 2.32 bits per heavy atom. The molecule has 6 nitrogen and oxygen atoms in total. The van der Waals surface area contributed by atoms with Gasteiger partial charge in [-0.25, -0.2) is 8.42 Å². The Labute approximate surface area is 221 Å². The Morgan fingerprint density at radius 1 is 1.12 bits per heavy atom. The van der Waals surface area contributed by atoms with Gasteiger partial charge in [0.1, 0.15) is 9.84 Å². The zero-order valence-corrected chi connectivity index (χ0v) is 23.2. The van der Waals surface area contributed by atoms with Gasteiger partial charge in [0, 0.05) is 48.6 Å². The molecule has 2 heterocycles. The zero-order chi connectivity index (χ0) is 22.9. The van der Waals surface area contributed by atoms with Crippen LogP contribution in [-0.2, 0) is 28.0 Å². The number of nitrogens with zero attached hydrogens (tertiary/aromatic N) is 3. The fourth-order valence-corrected chi connectivity index (χ4v) is 6.23. The Morgan fingerprint density at radius 2 is 1.76 bits per heavy atom. The minimum absolute atomic E-state index is 0. The Balaban J connectivity index is 0.00000204. The van der Waals surface area contributed by atoms with Crippen molar-refractivity contribution in [1.29, 1.82) is 0 Å². The number of aryl methyl sites for hydroxylation is 2. The number of hydrogen-bond donors (Lipinski definition) is 0. The van der Waals surface area contributed by atoms with E-state index in [0.29, 0.717) is 25.1 Å². The van der Waals surface area contributed by atoms with Crippen LogP contribution in [0.3, 0.4) is 0 Å². The zero-order valence-electron chi connectivity index (χ0n) is 20.0. The van der Waals surface area contributed by atoms with E-state index in [2.05, 4.69) is 30.0 Å². The molecule has 1 aliphatic heterocycles. The largest absolute Gasteiger partial charge is 0.374 e. The summed E-state index contributed by atoms with van der Waals surface area (Å²) in [4.78, 5) is 2.54. The quantitative estimate of drug-likeness (QED) is 0.524. The molecular weight excluding hydrogens is 517 g/mol. The molecular formula is C24H36Cl3N3O3S. The highest BCUT2D eigenvalue weighted by Gasteiger charge is 2.37. The number of sulfone groups is 1. The molecule has 1 saturated heterocycles. The van der Waals surface area contributed by atoms with Crippen molar-refractivity contribution in [1.82, 2.24) is 14.7 Å². The molecule has 1 aromatic carbocycles. The highest BCUT2D eigenvalue weighted by Crippen LogP contribution is 2.36. The highest BCUT2D eigenvalue weighted by atomic mass is 35.5. The molecule has 0 N–H and O–H groups in total. The minimum Gasteiger partial charge on any atom is -0.374 e. The van der Waals surface area contributed by atoms with Crippen LogP contribution in [0.1, 0.15) is 48.6 Å². The molecule has 1 aliphatic carbocycles. The lowest BCUT2D eigenvalue weighted by Crippen LogP contribution is -2.56. The number of ether oxygens (including phenoxy) is 1. The molecule has 0 unspecified atom stereocenters. The van der Waals surface area contributed by atoms with Crippen molar-refractivity contribution in [3.8, 4) is 0 Å². The van der Waals surface area contributed by atoms with Gasteiger partial charge in [-0.2, -0.15) is 5.10 Å². The van der Waals surface area contributed by atoms with E-state index in [1.807, 2.05) is 23.9 Å². The summed E-state index contributed by atoms with van der Waals surface area (Å²) in [5.41, 5.74) is 3.63. The average molecular weight is 553 g/mol. The number of halogens is 3. The maximum atomic E-state index is 11.9. The normalized spacial score (nSPS) is 25.9. The lowest BCUT2D eigenvalue weighted by atomic mass is 9.82. The molecule has 1 aromatic heterocycles. The maximum absolute atomic E-state index is 11.9. The number of aromatic nitrogens is 2. The third kappa shape index (κ3) is 7.58. The second kappa shape index (κ2) is 12.4. The van der Waals surface area contributed by atoms with Crippen molar-refractivity contribution in [3.05, 3.63) is 52.3 Å². The number of rotatable bonds is 6. The maximum Gasteiger partial charge on any atom is 0.150 e. The van der Waals surface area contributed by atoms with E-state index in [1.165, 1.54) is 23.2 Å². The van der Waals surface area contributed by atoms with E-state index >= 15 is 0 Å². The van der Waals surface area contributed by atoms with Crippen LogP contribution < -0.4 is 0 Å². The van der Waals surface area contributed by atoms with E-state index < -0.39 is 9.84 Å². The monoisotopic (exact) mass is 551 g/mol. The summed E-state index contributed by atoms with van der Waals surface area (Å²) >= 11 is 6.06. The molecule has 34 heavy (non-hydrogen) atoms. The van der Waals surface area contributed by atoms with E-state index in [4.69, 9.17) is 21.4 Å². The summed E-state index contributed by atoms with van der Waals surface area (Å²) in [6.07, 6.45) is 6.34. The van der Waals surface area contributed by atoms with Crippen LogP contribution in [-0.4, -0.2) is 66.4 Å². The van der Waals surface area contributed by atoms with E-state index in [1.54, 1.807) is 0 Å². The Hall–Kier alpha value is -0.830. The number of hydrogen-bond acceptors (Lipinski definition) is 5. The van der Waals surface area contributed by atoms with Crippen LogP contribution in [0.25, 0.3) is 0 Å². The van der Waals surface area contributed by atoms with Crippen molar-refractivity contribution in [2.75, 3.05) is 25.2 Å². The minimum atomic E-state index is -3.08. The topological polar surface area (TPSA) is 64.4 Å². The second-order valence-corrected chi connectivity index (χ2v) is 12.2. The molecule has 2 atom stereocenters. The van der Waals surface area contributed by atoms with E-state index in [9.17, 15) is 8.42 Å². The van der Waals surface area contributed by atoms with Gasteiger partial charge in [0.05, 0.1) is 24.2 Å². The molecule has 0 amide bonds. The van der Waals surface area contributed by atoms with Gasteiger partial charge in [0.15, 0.2) is 0 Å². The van der Waals surface area contributed by atoms with Crippen LogP contribution in [0, 0.1) is 6.92 Å². The Kier molecular flexibility index (Phi) is 10.7. The summed E-state index contributed by atoms with van der Waals surface area (Å²) in [5, 5.41) is 5.45. The van der Waals surface area contributed by atoms with Crippen molar-refractivity contribution >= 4 is 46.3 Å². The van der Waals surface area contributed by atoms with Crippen molar-refractivity contribution in [2.45, 2.75) is 63.1 Å². The molecule has 2 aromatic rings. The molecule has 192 valence electrons. The van der Waals surface area contributed by atoms with Gasteiger partial charge in [-0.3, -0.25) is 9.58 Å². The van der Waals surface area contributed by atoms with Gasteiger partial charge in [-0.05, 0) is 62.8 Å². The van der Waals surface area contributed by atoms with Crippen molar-refractivity contribution in [2.24, 2.45) is 7.05 Å². The first-order valence-electron chi connectivity index (χ1n) is 11.5. The van der Waals surface area contributed by atoms with Gasteiger partial charge < -0.3 is 4.74 Å². The standard InChI is InChI=1S/C24H34ClN3O3S.2ClH/c1-17-12-24(26-27(17)2)19-6-10-21(11-7-19)28-14-23(16-32(3,29)30)31-15-22(28)13-18-4-8-20(25)9-5-18;;/h4-5,8-9,12,19,21-23H,6-7,10-11,13-16H2,1-3H3;2*1H/t19?,21?,22-,23+;;/m0../s1. The van der Waals surface area contributed by atoms with Gasteiger partial charge in [-0.1, -0.05) is 23.7 Å². The predicted octanol–water partition coefficient (Wildman–Crippen LogP) is 4.61. The molecule has 2 aliphatic rings. The Bertz CT molecular complexity index is 1000. The first-order chi connectivity index (χ1) is 15.2. The SMILES string of the molecule is Cc1cc(C2CCC(N3C[C@H](CS(C)(=O)=O)OC[C@@H]3Cc3ccc(Cl)cc3)CC2)nn1C.Cl.Cl.